The van der Waals surface area contributed by atoms with Crippen molar-refractivity contribution in [3.63, 3.8) is 0 Å². The van der Waals surface area contributed by atoms with Crippen molar-refractivity contribution in [2.75, 3.05) is 12.3 Å². The summed E-state index contributed by atoms with van der Waals surface area (Å²) >= 11 is 0. The number of amides is 1. The van der Waals surface area contributed by atoms with Crippen LogP contribution in [0.5, 0.6) is 0 Å². The van der Waals surface area contributed by atoms with Gasteiger partial charge in [-0.15, -0.1) is 0 Å². The Hall–Kier alpha value is -2.01. The highest BCUT2D eigenvalue weighted by Gasteiger charge is 2.31. The third-order valence-electron chi connectivity index (χ3n) is 3.69. The van der Waals surface area contributed by atoms with Crippen LogP contribution < -0.4 is 5.32 Å². The molecule has 0 unspecified atom stereocenters. The predicted octanol–water partition coefficient (Wildman–Crippen LogP) is 3.03. The SMILES string of the molecule is CC(C)(C(=O)NCC[S@](=O)c1ccccc1)c1ccccc1F. The van der Waals surface area contributed by atoms with E-state index < -0.39 is 22.0 Å². The highest BCUT2D eigenvalue weighted by Crippen LogP contribution is 2.25. The van der Waals surface area contributed by atoms with Gasteiger partial charge in [0.05, 0.1) is 16.2 Å². The molecule has 2 rings (SSSR count). The van der Waals surface area contributed by atoms with Crippen molar-refractivity contribution in [2.24, 2.45) is 0 Å². The first-order valence-corrected chi connectivity index (χ1v) is 8.71. The van der Waals surface area contributed by atoms with Crippen LogP contribution in [0, 0.1) is 5.82 Å². The van der Waals surface area contributed by atoms with Crippen LogP contribution in [0.1, 0.15) is 19.4 Å². The summed E-state index contributed by atoms with van der Waals surface area (Å²) in [4.78, 5) is 13.1. The molecule has 2 aromatic carbocycles. The van der Waals surface area contributed by atoms with E-state index in [9.17, 15) is 13.4 Å². The van der Waals surface area contributed by atoms with E-state index in [4.69, 9.17) is 0 Å². The summed E-state index contributed by atoms with van der Waals surface area (Å²) in [6.07, 6.45) is 0. The highest BCUT2D eigenvalue weighted by atomic mass is 32.2. The number of halogens is 1. The van der Waals surface area contributed by atoms with Gasteiger partial charge in [0.15, 0.2) is 0 Å². The molecular formula is C18H20FNO2S. The smallest absolute Gasteiger partial charge is 0.230 e. The number of nitrogens with one attached hydrogen (secondary N) is 1. The molecule has 0 saturated carbocycles. The van der Waals surface area contributed by atoms with Crippen molar-refractivity contribution >= 4 is 16.7 Å². The molecule has 2 aromatic rings. The van der Waals surface area contributed by atoms with Gasteiger partial charge in [0.2, 0.25) is 5.91 Å². The normalized spacial score (nSPS) is 12.7. The third kappa shape index (κ3) is 4.26. The van der Waals surface area contributed by atoms with Crippen LogP contribution in [0.4, 0.5) is 4.39 Å². The van der Waals surface area contributed by atoms with Crippen molar-refractivity contribution in [1.29, 1.82) is 0 Å². The molecule has 0 radical (unpaired) electrons. The molecule has 0 aromatic heterocycles. The molecule has 5 heteroatoms. The van der Waals surface area contributed by atoms with Crippen molar-refractivity contribution in [3.05, 3.63) is 66.0 Å². The van der Waals surface area contributed by atoms with Gasteiger partial charge < -0.3 is 5.32 Å². The molecule has 1 N–H and O–H groups in total. The lowest BCUT2D eigenvalue weighted by Crippen LogP contribution is -2.42. The highest BCUT2D eigenvalue weighted by molar-refractivity contribution is 7.85. The van der Waals surface area contributed by atoms with Gasteiger partial charge in [-0.2, -0.15) is 0 Å². The van der Waals surface area contributed by atoms with E-state index in [0.717, 1.165) is 4.90 Å². The molecule has 0 spiro atoms. The molecule has 23 heavy (non-hydrogen) atoms. The quantitative estimate of drug-likeness (QED) is 0.883. The predicted molar refractivity (Wildman–Crippen MR) is 90.2 cm³/mol. The van der Waals surface area contributed by atoms with Gasteiger partial charge in [-0.05, 0) is 32.0 Å². The summed E-state index contributed by atoms with van der Waals surface area (Å²) in [5, 5.41) is 2.75. The van der Waals surface area contributed by atoms with E-state index in [1.807, 2.05) is 18.2 Å². The molecule has 3 nitrogen and oxygen atoms in total. The monoisotopic (exact) mass is 333 g/mol. The Balaban J connectivity index is 1.94. The minimum absolute atomic E-state index is 0.276. The fourth-order valence-electron chi connectivity index (χ4n) is 2.26. The number of rotatable bonds is 6. The van der Waals surface area contributed by atoms with Gasteiger partial charge in [-0.3, -0.25) is 9.00 Å². The van der Waals surface area contributed by atoms with Crippen molar-refractivity contribution < 1.29 is 13.4 Å². The van der Waals surface area contributed by atoms with E-state index in [2.05, 4.69) is 5.32 Å². The second-order valence-electron chi connectivity index (χ2n) is 5.72. The molecule has 1 atom stereocenters. The average molecular weight is 333 g/mol. The lowest BCUT2D eigenvalue weighted by Gasteiger charge is -2.24. The van der Waals surface area contributed by atoms with Crippen molar-refractivity contribution in [2.45, 2.75) is 24.2 Å². The van der Waals surface area contributed by atoms with Crippen LogP contribution >= 0.6 is 0 Å². The summed E-state index contributed by atoms with van der Waals surface area (Å²) in [6, 6.07) is 15.3. The fraction of sp³-hybridized carbons (Fsp3) is 0.278. The van der Waals surface area contributed by atoms with E-state index in [-0.39, 0.29) is 12.5 Å². The Kier molecular flexibility index (Phi) is 5.66. The lowest BCUT2D eigenvalue weighted by molar-refractivity contribution is -0.125. The largest absolute Gasteiger partial charge is 0.354 e. The molecule has 0 heterocycles. The van der Waals surface area contributed by atoms with Crippen LogP contribution in [0.15, 0.2) is 59.5 Å². The summed E-state index contributed by atoms with van der Waals surface area (Å²) in [6.45, 7) is 3.63. The number of hydrogen-bond donors (Lipinski definition) is 1. The second kappa shape index (κ2) is 7.51. The maximum Gasteiger partial charge on any atom is 0.230 e. The Morgan fingerprint density at radius 3 is 2.35 bits per heavy atom. The van der Waals surface area contributed by atoms with Crippen LogP contribution in [-0.2, 0) is 21.0 Å². The summed E-state index contributed by atoms with van der Waals surface area (Å²) in [5.41, 5.74) is -0.638. The summed E-state index contributed by atoms with van der Waals surface area (Å²) < 4.78 is 26.0. The van der Waals surface area contributed by atoms with E-state index in [1.54, 1.807) is 44.2 Å². The molecule has 0 bridgehead atoms. The molecule has 0 aliphatic carbocycles. The first-order valence-electron chi connectivity index (χ1n) is 7.39. The zero-order valence-electron chi connectivity index (χ0n) is 13.2. The van der Waals surface area contributed by atoms with E-state index >= 15 is 0 Å². The van der Waals surface area contributed by atoms with Gasteiger partial charge in [0.25, 0.3) is 0 Å². The fourth-order valence-corrected chi connectivity index (χ4v) is 3.24. The number of carbonyl (C=O) groups is 1. The molecule has 0 aliphatic heterocycles. The maximum absolute atomic E-state index is 13.9. The van der Waals surface area contributed by atoms with E-state index in [1.165, 1.54) is 6.07 Å². The van der Waals surface area contributed by atoms with Gasteiger partial charge in [-0.25, -0.2) is 4.39 Å². The first-order chi connectivity index (χ1) is 10.9. The molecule has 1 amide bonds. The second-order valence-corrected chi connectivity index (χ2v) is 7.29. The Morgan fingerprint density at radius 2 is 1.70 bits per heavy atom. The number of carbonyl (C=O) groups excluding carboxylic acids is 1. The number of benzene rings is 2. The van der Waals surface area contributed by atoms with Gasteiger partial charge >= 0.3 is 0 Å². The topological polar surface area (TPSA) is 46.2 Å². The molecule has 122 valence electrons. The first kappa shape index (κ1) is 17.3. The molecule has 0 fully saturated rings. The zero-order valence-corrected chi connectivity index (χ0v) is 14.0. The molecule has 0 aliphatic rings. The van der Waals surface area contributed by atoms with Crippen LogP contribution in [0.25, 0.3) is 0 Å². The van der Waals surface area contributed by atoms with Crippen LogP contribution in [-0.4, -0.2) is 22.4 Å². The van der Waals surface area contributed by atoms with Gasteiger partial charge in [0.1, 0.15) is 5.82 Å². The van der Waals surface area contributed by atoms with Crippen LogP contribution in [0.2, 0.25) is 0 Å². The minimum atomic E-state index is -1.16. The third-order valence-corrected chi connectivity index (χ3v) is 5.07. The average Bonchev–Trinajstić information content (AvgIpc) is 2.55. The van der Waals surface area contributed by atoms with E-state index in [0.29, 0.717) is 11.3 Å². The minimum Gasteiger partial charge on any atom is -0.354 e. The number of hydrogen-bond acceptors (Lipinski definition) is 2. The summed E-state index contributed by atoms with van der Waals surface area (Å²) in [7, 11) is -1.16. The van der Waals surface area contributed by atoms with Crippen molar-refractivity contribution in [3.8, 4) is 0 Å². The maximum atomic E-state index is 13.9. The Labute approximate surface area is 138 Å². The van der Waals surface area contributed by atoms with Crippen molar-refractivity contribution in [1.82, 2.24) is 5.32 Å². The van der Waals surface area contributed by atoms with Crippen LogP contribution in [0.3, 0.4) is 0 Å². The van der Waals surface area contributed by atoms with Gasteiger partial charge in [0, 0.05) is 22.8 Å². The standard InChI is InChI=1S/C18H20FNO2S/c1-18(2,15-10-6-7-11-16(15)19)17(21)20-12-13-23(22)14-8-4-3-5-9-14/h3-11H,12-13H2,1-2H3,(H,20,21)/t23-/m0/s1. The van der Waals surface area contributed by atoms with Gasteiger partial charge in [-0.1, -0.05) is 36.4 Å². The lowest BCUT2D eigenvalue weighted by atomic mass is 9.83. The Morgan fingerprint density at radius 1 is 1.09 bits per heavy atom. The molecule has 0 saturated heterocycles. The Bertz CT molecular complexity index is 701. The summed E-state index contributed by atoms with van der Waals surface area (Å²) in [5.74, 6) is -0.364. The zero-order chi connectivity index (χ0) is 16.9. The molecular weight excluding hydrogens is 313 g/mol.